The normalized spacial score (nSPS) is 15.4. The molecule has 2 rings (SSSR count). The van der Waals surface area contributed by atoms with E-state index in [0.29, 0.717) is 6.54 Å². The summed E-state index contributed by atoms with van der Waals surface area (Å²) in [6.07, 6.45) is 1.95. The third kappa shape index (κ3) is 3.01. The second-order valence-electron chi connectivity index (χ2n) is 4.30. The van der Waals surface area contributed by atoms with Gasteiger partial charge in [-0.2, -0.15) is 11.8 Å². The molecule has 0 aliphatic carbocycles. The number of benzene rings is 1. The van der Waals surface area contributed by atoms with E-state index < -0.39 is 0 Å². The summed E-state index contributed by atoms with van der Waals surface area (Å²) in [5.41, 5.74) is 3.90. The average Bonchev–Trinajstić information content (AvgIpc) is 2.82. The number of nitrogens with one attached hydrogen (secondary N) is 2. The van der Waals surface area contributed by atoms with Crippen LogP contribution in [0.1, 0.15) is 23.6 Å². The van der Waals surface area contributed by atoms with E-state index >= 15 is 0 Å². The molecule has 2 N–H and O–H groups in total. The second kappa shape index (κ2) is 5.56. The van der Waals surface area contributed by atoms with E-state index in [2.05, 4.69) is 28.8 Å². The molecule has 0 saturated carbocycles. The number of amides is 1. The Labute approximate surface area is 106 Å². The Bertz CT molecular complexity index is 420. The van der Waals surface area contributed by atoms with E-state index in [1.807, 2.05) is 13.2 Å². The quantitative estimate of drug-likeness (QED) is 0.854. The number of hydrogen-bond donors (Lipinski definition) is 2. The smallest absolute Gasteiger partial charge is 0.233 e. The molecule has 0 radical (unpaired) electrons. The monoisotopic (exact) mass is 250 g/mol. The van der Waals surface area contributed by atoms with Crippen LogP contribution < -0.4 is 10.6 Å². The molecule has 1 aromatic carbocycles. The summed E-state index contributed by atoms with van der Waals surface area (Å²) in [6.45, 7) is 4.45. The summed E-state index contributed by atoms with van der Waals surface area (Å²) in [6, 6.07) is 6.42. The molecule has 0 saturated heterocycles. The van der Waals surface area contributed by atoms with Crippen LogP contribution in [0.4, 0.5) is 0 Å². The van der Waals surface area contributed by atoms with Crippen LogP contribution in [0.25, 0.3) is 0 Å². The molecule has 1 heterocycles. The zero-order valence-electron chi connectivity index (χ0n) is 10.2. The summed E-state index contributed by atoms with van der Waals surface area (Å²) >= 11 is 1.57. The van der Waals surface area contributed by atoms with Gasteiger partial charge >= 0.3 is 0 Å². The Morgan fingerprint density at radius 1 is 1.47 bits per heavy atom. The van der Waals surface area contributed by atoms with Crippen LogP contribution in [0.3, 0.4) is 0 Å². The lowest BCUT2D eigenvalue weighted by Gasteiger charge is -2.10. The number of fused-ring (bicyclic) bond motifs is 1. The summed E-state index contributed by atoms with van der Waals surface area (Å²) in [7, 11) is 0. The van der Waals surface area contributed by atoms with E-state index in [9.17, 15) is 4.79 Å². The molecule has 1 atom stereocenters. The fraction of sp³-hybridized carbons (Fsp3) is 0.462. The number of carbonyl (C=O) groups excluding carboxylic acids is 1. The van der Waals surface area contributed by atoms with E-state index in [0.717, 1.165) is 13.1 Å². The highest BCUT2D eigenvalue weighted by Crippen LogP contribution is 2.17. The summed E-state index contributed by atoms with van der Waals surface area (Å²) in [4.78, 5) is 11.6. The zero-order valence-corrected chi connectivity index (χ0v) is 11.1. The number of thioether (sulfide) groups is 1. The molecule has 0 spiro atoms. The highest BCUT2D eigenvalue weighted by Gasteiger charge is 2.12. The lowest BCUT2D eigenvalue weighted by molar-refractivity contribution is -0.120. The fourth-order valence-electron chi connectivity index (χ4n) is 1.90. The van der Waals surface area contributed by atoms with Crippen LogP contribution in [0, 0.1) is 0 Å². The second-order valence-corrected chi connectivity index (χ2v) is 5.48. The molecular weight excluding hydrogens is 232 g/mol. The highest BCUT2D eigenvalue weighted by molar-refractivity contribution is 7.99. The van der Waals surface area contributed by atoms with Gasteiger partial charge in [0.2, 0.25) is 5.91 Å². The first-order valence-electron chi connectivity index (χ1n) is 5.82. The van der Waals surface area contributed by atoms with Crippen LogP contribution in [0.15, 0.2) is 18.2 Å². The Morgan fingerprint density at radius 2 is 2.24 bits per heavy atom. The van der Waals surface area contributed by atoms with Crippen LogP contribution in [-0.4, -0.2) is 17.4 Å². The maximum absolute atomic E-state index is 11.6. The van der Waals surface area contributed by atoms with Gasteiger partial charge in [-0.15, -0.1) is 0 Å². The molecule has 0 fully saturated rings. The predicted octanol–water partition coefficient (Wildman–Crippen LogP) is 1.66. The summed E-state index contributed by atoms with van der Waals surface area (Å²) in [5.74, 6) is 0.108. The van der Waals surface area contributed by atoms with Gasteiger partial charge in [-0.25, -0.2) is 0 Å². The zero-order chi connectivity index (χ0) is 12.3. The Balaban J connectivity index is 1.93. The lowest BCUT2D eigenvalue weighted by atomic mass is 10.1. The largest absolute Gasteiger partial charge is 0.351 e. The SMILES string of the molecule is CSC(C)C(=O)NCc1ccc2c(c1)CNC2. The third-order valence-electron chi connectivity index (χ3n) is 3.09. The maximum atomic E-state index is 11.6. The van der Waals surface area contributed by atoms with Crippen molar-refractivity contribution in [3.8, 4) is 0 Å². The molecule has 92 valence electrons. The molecule has 1 aromatic rings. The maximum Gasteiger partial charge on any atom is 0.233 e. The van der Waals surface area contributed by atoms with Crippen molar-refractivity contribution < 1.29 is 4.79 Å². The lowest BCUT2D eigenvalue weighted by Crippen LogP contribution is -2.30. The topological polar surface area (TPSA) is 41.1 Å². The minimum Gasteiger partial charge on any atom is -0.351 e. The number of carbonyl (C=O) groups is 1. The highest BCUT2D eigenvalue weighted by atomic mass is 32.2. The van der Waals surface area contributed by atoms with Gasteiger partial charge in [0.05, 0.1) is 5.25 Å². The van der Waals surface area contributed by atoms with Gasteiger partial charge in [0.1, 0.15) is 0 Å². The molecule has 0 bridgehead atoms. The van der Waals surface area contributed by atoms with Crippen molar-refractivity contribution in [3.63, 3.8) is 0 Å². The molecular formula is C13H18N2OS. The summed E-state index contributed by atoms with van der Waals surface area (Å²) in [5, 5.41) is 6.30. The van der Waals surface area contributed by atoms with Gasteiger partial charge in [0.25, 0.3) is 0 Å². The van der Waals surface area contributed by atoms with Crippen molar-refractivity contribution >= 4 is 17.7 Å². The van der Waals surface area contributed by atoms with Crippen molar-refractivity contribution in [3.05, 3.63) is 34.9 Å². The first kappa shape index (κ1) is 12.5. The van der Waals surface area contributed by atoms with Crippen molar-refractivity contribution in [1.29, 1.82) is 0 Å². The molecule has 1 amide bonds. The van der Waals surface area contributed by atoms with Gasteiger partial charge in [0.15, 0.2) is 0 Å². The molecule has 1 aliphatic rings. The van der Waals surface area contributed by atoms with Gasteiger partial charge in [-0.3, -0.25) is 4.79 Å². The average molecular weight is 250 g/mol. The van der Waals surface area contributed by atoms with Crippen LogP contribution in [0.5, 0.6) is 0 Å². The van der Waals surface area contributed by atoms with Gasteiger partial charge < -0.3 is 10.6 Å². The van der Waals surface area contributed by atoms with E-state index in [1.165, 1.54) is 16.7 Å². The van der Waals surface area contributed by atoms with Gasteiger partial charge in [0, 0.05) is 19.6 Å². The molecule has 1 unspecified atom stereocenters. The minimum atomic E-state index is 0.0195. The van der Waals surface area contributed by atoms with Crippen LogP contribution >= 0.6 is 11.8 Å². The van der Waals surface area contributed by atoms with Gasteiger partial charge in [-0.05, 0) is 29.9 Å². The number of rotatable bonds is 4. The van der Waals surface area contributed by atoms with E-state index in [-0.39, 0.29) is 11.2 Å². The Hall–Kier alpha value is -1.00. The van der Waals surface area contributed by atoms with Crippen LogP contribution in [-0.2, 0) is 24.4 Å². The Kier molecular flexibility index (Phi) is 4.07. The summed E-state index contributed by atoms with van der Waals surface area (Å²) < 4.78 is 0. The van der Waals surface area contributed by atoms with Crippen LogP contribution in [0.2, 0.25) is 0 Å². The first-order valence-corrected chi connectivity index (χ1v) is 7.11. The number of hydrogen-bond acceptors (Lipinski definition) is 3. The fourth-order valence-corrected chi connectivity index (χ4v) is 2.20. The molecule has 4 heteroatoms. The molecule has 0 aromatic heterocycles. The molecule has 17 heavy (non-hydrogen) atoms. The molecule has 3 nitrogen and oxygen atoms in total. The van der Waals surface area contributed by atoms with E-state index in [1.54, 1.807) is 11.8 Å². The van der Waals surface area contributed by atoms with Gasteiger partial charge in [-0.1, -0.05) is 18.2 Å². The van der Waals surface area contributed by atoms with Crippen molar-refractivity contribution in [2.45, 2.75) is 31.8 Å². The molecule has 1 aliphatic heterocycles. The Morgan fingerprint density at radius 3 is 3.00 bits per heavy atom. The van der Waals surface area contributed by atoms with Crippen molar-refractivity contribution in [2.75, 3.05) is 6.26 Å². The third-order valence-corrected chi connectivity index (χ3v) is 4.01. The first-order chi connectivity index (χ1) is 8.20. The van der Waals surface area contributed by atoms with Crippen molar-refractivity contribution in [1.82, 2.24) is 10.6 Å². The minimum absolute atomic E-state index is 0.0195. The predicted molar refractivity (Wildman–Crippen MR) is 71.8 cm³/mol. The standard InChI is InChI=1S/C13H18N2OS/c1-9(17-2)13(16)15-6-10-3-4-11-7-14-8-12(11)5-10/h3-5,9,14H,6-8H2,1-2H3,(H,15,16). The van der Waals surface area contributed by atoms with Crippen molar-refractivity contribution in [2.24, 2.45) is 0 Å². The van der Waals surface area contributed by atoms with E-state index in [4.69, 9.17) is 0 Å².